The van der Waals surface area contributed by atoms with Crippen LogP contribution in [0.3, 0.4) is 0 Å². The first-order valence-electron chi connectivity index (χ1n) is 4.34. The highest BCUT2D eigenvalue weighted by atomic mass is 19.1. The second-order valence-electron chi connectivity index (χ2n) is 2.93. The predicted molar refractivity (Wildman–Crippen MR) is 51.0 cm³/mol. The highest BCUT2D eigenvalue weighted by molar-refractivity contribution is 5.47. The van der Waals surface area contributed by atoms with Crippen molar-refractivity contribution in [2.45, 2.75) is 6.92 Å². The van der Waals surface area contributed by atoms with Gasteiger partial charge in [0.2, 0.25) is 0 Å². The Bertz CT molecular complexity index is 445. The summed E-state index contributed by atoms with van der Waals surface area (Å²) in [6.45, 7) is 1.65. The van der Waals surface area contributed by atoms with Crippen LogP contribution in [-0.2, 0) is 0 Å². The third-order valence-electron chi connectivity index (χ3n) is 1.94. The Morgan fingerprint density at radius 1 is 1.40 bits per heavy atom. The van der Waals surface area contributed by atoms with Crippen molar-refractivity contribution in [3.63, 3.8) is 0 Å². The van der Waals surface area contributed by atoms with Crippen LogP contribution in [0.15, 0.2) is 22.8 Å². The van der Waals surface area contributed by atoms with Crippen molar-refractivity contribution < 1.29 is 13.5 Å². The minimum Gasteiger partial charge on any atom is -0.490 e. The Morgan fingerprint density at radius 3 is 2.73 bits per heavy atom. The highest BCUT2D eigenvalue weighted by Crippen LogP contribution is 2.23. The Labute approximate surface area is 85.7 Å². The summed E-state index contributed by atoms with van der Waals surface area (Å²) in [7, 11) is 1.38. The minimum atomic E-state index is -0.684. The monoisotopic (exact) mass is 208 g/mol. The number of hydrogen-bond acceptors (Lipinski definition) is 4. The van der Waals surface area contributed by atoms with Gasteiger partial charge in [0.05, 0.1) is 19.1 Å². The first kappa shape index (κ1) is 9.64. The fourth-order valence-corrected chi connectivity index (χ4v) is 1.28. The van der Waals surface area contributed by atoms with Gasteiger partial charge in [-0.25, -0.2) is 4.98 Å². The molecule has 2 rings (SSSR count). The van der Waals surface area contributed by atoms with Gasteiger partial charge in [-0.15, -0.1) is 0 Å². The zero-order valence-electron chi connectivity index (χ0n) is 8.32. The number of rotatable bonds is 2. The van der Waals surface area contributed by atoms with E-state index in [0.29, 0.717) is 11.5 Å². The van der Waals surface area contributed by atoms with Gasteiger partial charge in [-0.3, -0.25) is 0 Å². The van der Waals surface area contributed by atoms with Crippen molar-refractivity contribution in [1.82, 2.24) is 9.97 Å². The number of furan rings is 1. The number of ether oxygens (including phenoxy) is 1. The SMILES string of the molecule is COc1c(C)nc(-c2ccco2)nc1F. The lowest BCUT2D eigenvalue weighted by Gasteiger charge is -2.05. The molecule has 78 valence electrons. The van der Waals surface area contributed by atoms with Crippen LogP contribution in [0.1, 0.15) is 5.69 Å². The topological polar surface area (TPSA) is 48.2 Å². The summed E-state index contributed by atoms with van der Waals surface area (Å²) in [5.41, 5.74) is 0.441. The molecular weight excluding hydrogens is 199 g/mol. The quantitative estimate of drug-likeness (QED) is 0.710. The number of methoxy groups -OCH3 is 1. The summed E-state index contributed by atoms with van der Waals surface area (Å²) in [5.74, 6) is 0.0251. The number of hydrogen-bond donors (Lipinski definition) is 0. The maximum absolute atomic E-state index is 13.4. The van der Waals surface area contributed by atoms with E-state index in [1.54, 1.807) is 19.1 Å². The normalized spacial score (nSPS) is 10.3. The lowest BCUT2D eigenvalue weighted by molar-refractivity contribution is 0.371. The van der Waals surface area contributed by atoms with E-state index < -0.39 is 5.95 Å². The van der Waals surface area contributed by atoms with Crippen LogP contribution >= 0.6 is 0 Å². The van der Waals surface area contributed by atoms with Crippen molar-refractivity contribution in [2.24, 2.45) is 0 Å². The average Bonchev–Trinajstić information content (AvgIpc) is 2.69. The molecule has 0 N–H and O–H groups in total. The van der Waals surface area contributed by atoms with E-state index in [-0.39, 0.29) is 11.6 Å². The molecule has 0 aliphatic rings. The molecule has 0 unspecified atom stereocenters. The molecule has 2 heterocycles. The van der Waals surface area contributed by atoms with Crippen LogP contribution in [0.2, 0.25) is 0 Å². The molecule has 0 spiro atoms. The summed E-state index contributed by atoms with van der Waals surface area (Å²) < 4.78 is 23.3. The molecule has 0 fully saturated rings. The van der Waals surface area contributed by atoms with Crippen LogP contribution in [0.4, 0.5) is 4.39 Å². The van der Waals surface area contributed by atoms with E-state index >= 15 is 0 Å². The molecule has 0 saturated heterocycles. The van der Waals surface area contributed by atoms with Crippen molar-refractivity contribution in [1.29, 1.82) is 0 Å². The van der Waals surface area contributed by atoms with Crippen molar-refractivity contribution >= 4 is 0 Å². The van der Waals surface area contributed by atoms with Gasteiger partial charge in [0.15, 0.2) is 17.3 Å². The molecule has 0 saturated carbocycles. The summed E-state index contributed by atoms with van der Waals surface area (Å²) in [6, 6.07) is 3.36. The van der Waals surface area contributed by atoms with Crippen molar-refractivity contribution in [2.75, 3.05) is 7.11 Å². The van der Waals surface area contributed by atoms with Crippen LogP contribution < -0.4 is 4.74 Å². The molecule has 4 nitrogen and oxygen atoms in total. The maximum Gasteiger partial charge on any atom is 0.259 e. The summed E-state index contributed by atoms with van der Waals surface area (Å²) >= 11 is 0. The lowest BCUT2D eigenvalue weighted by atomic mass is 10.3. The molecule has 0 radical (unpaired) electrons. The summed E-state index contributed by atoms with van der Waals surface area (Å²) in [6.07, 6.45) is 1.48. The van der Waals surface area contributed by atoms with Gasteiger partial charge >= 0.3 is 0 Å². The molecule has 0 bridgehead atoms. The van der Waals surface area contributed by atoms with E-state index in [1.807, 2.05) is 0 Å². The van der Waals surface area contributed by atoms with Crippen molar-refractivity contribution in [3.05, 3.63) is 30.0 Å². The maximum atomic E-state index is 13.4. The largest absolute Gasteiger partial charge is 0.490 e. The van der Waals surface area contributed by atoms with E-state index in [4.69, 9.17) is 9.15 Å². The lowest BCUT2D eigenvalue weighted by Crippen LogP contribution is -2.00. The number of nitrogens with zero attached hydrogens (tertiary/aromatic N) is 2. The van der Waals surface area contributed by atoms with Gasteiger partial charge in [0, 0.05) is 0 Å². The Kier molecular flexibility index (Phi) is 2.37. The molecule has 0 aromatic carbocycles. The number of halogens is 1. The van der Waals surface area contributed by atoms with Crippen LogP contribution in [0.5, 0.6) is 5.75 Å². The first-order chi connectivity index (χ1) is 7.22. The van der Waals surface area contributed by atoms with Crippen LogP contribution in [0.25, 0.3) is 11.6 Å². The van der Waals surface area contributed by atoms with E-state index in [1.165, 1.54) is 13.4 Å². The van der Waals surface area contributed by atoms with Crippen LogP contribution in [-0.4, -0.2) is 17.1 Å². The molecule has 0 amide bonds. The summed E-state index contributed by atoms with van der Waals surface area (Å²) in [4.78, 5) is 7.73. The second kappa shape index (κ2) is 3.68. The van der Waals surface area contributed by atoms with Crippen molar-refractivity contribution in [3.8, 4) is 17.3 Å². The van der Waals surface area contributed by atoms with Gasteiger partial charge in [-0.05, 0) is 19.1 Å². The Balaban J connectivity index is 2.53. The van der Waals surface area contributed by atoms with Gasteiger partial charge < -0.3 is 9.15 Å². The van der Waals surface area contributed by atoms with Crippen LogP contribution in [0, 0.1) is 12.9 Å². The van der Waals surface area contributed by atoms with E-state index in [9.17, 15) is 4.39 Å². The zero-order valence-corrected chi connectivity index (χ0v) is 8.32. The molecule has 0 aliphatic carbocycles. The molecule has 2 aromatic rings. The van der Waals surface area contributed by atoms with E-state index in [0.717, 1.165) is 0 Å². The Hall–Kier alpha value is -1.91. The smallest absolute Gasteiger partial charge is 0.259 e. The van der Waals surface area contributed by atoms with Gasteiger partial charge in [0.25, 0.3) is 5.95 Å². The molecule has 0 aliphatic heterocycles. The highest BCUT2D eigenvalue weighted by Gasteiger charge is 2.14. The van der Waals surface area contributed by atoms with Gasteiger partial charge in [0.1, 0.15) is 0 Å². The summed E-state index contributed by atoms with van der Waals surface area (Å²) in [5, 5.41) is 0. The Morgan fingerprint density at radius 2 is 2.20 bits per heavy atom. The fraction of sp³-hybridized carbons (Fsp3) is 0.200. The molecule has 15 heavy (non-hydrogen) atoms. The average molecular weight is 208 g/mol. The molecule has 0 atom stereocenters. The number of aromatic nitrogens is 2. The molecular formula is C10H9FN2O2. The zero-order chi connectivity index (χ0) is 10.8. The molecule has 2 aromatic heterocycles. The number of aryl methyl sites for hydroxylation is 1. The molecule has 5 heteroatoms. The van der Waals surface area contributed by atoms with Gasteiger partial charge in [-0.2, -0.15) is 9.37 Å². The standard InChI is InChI=1S/C10H9FN2O2/c1-6-8(14-2)9(11)13-10(12-6)7-4-3-5-15-7/h3-5H,1-2H3. The second-order valence-corrected chi connectivity index (χ2v) is 2.93. The first-order valence-corrected chi connectivity index (χ1v) is 4.34. The van der Waals surface area contributed by atoms with E-state index in [2.05, 4.69) is 9.97 Å². The van der Waals surface area contributed by atoms with Gasteiger partial charge in [-0.1, -0.05) is 0 Å². The predicted octanol–water partition coefficient (Wildman–Crippen LogP) is 2.19. The fourth-order valence-electron chi connectivity index (χ4n) is 1.28. The minimum absolute atomic E-state index is 0.0605. The third kappa shape index (κ3) is 1.68. The third-order valence-corrected chi connectivity index (χ3v) is 1.94.